The number of carbonyl (C=O) groups is 1. The molecule has 0 aromatic heterocycles. The summed E-state index contributed by atoms with van der Waals surface area (Å²) in [6, 6.07) is 24.1. The van der Waals surface area contributed by atoms with Gasteiger partial charge in [-0.25, -0.2) is 13.4 Å². The van der Waals surface area contributed by atoms with Gasteiger partial charge in [-0.3, -0.25) is 4.79 Å². The first-order valence-corrected chi connectivity index (χ1v) is 13.3. The van der Waals surface area contributed by atoms with Gasteiger partial charge in [0.05, 0.1) is 17.3 Å². The topological polar surface area (TPSA) is 114 Å². The van der Waals surface area contributed by atoms with Crippen molar-refractivity contribution in [3.8, 4) is 5.75 Å². The van der Waals surface area contributed by atoms with Crippen LogP contribution in [-0.2, 0) is 19.4 Å². The maximum Gasteiger partial charge on any atom is 0.256 e. The average molecular weight is 509 g/mol. The van der Waals surface area contributed by atoms with Crippen molar-refractivity contribution < 1.29 is 27.8 Å². The molecule has 1 aliphatic heterocycles. The number of anilines is 1. The van der Waals surface area contributed by atoms with E-state index in [4.69, 9.17) is 14.6 Å². The van der Waals surface area contributed by atoms with Gasteiger partial charge in [-0.05, 0) is 55.0 Å². The molecule has 0 bridgehead atoms. The van der Waals surface area contributed by atoms with Crippen LogP contribution in [0.5, 0.6) is 5.75 Å². The summed E-state index contributed by atoms with van der Waals surface area (Å²) in [5, 5.41) is 11.7. The van der Waals surface area contributed by atoms with Crippen molar-refractivity contribution in [3.05, 3.63) is 90.5 Å². The number of amides is 1. The van der Waals surface area contributed by atoms with Gasteiger partial charge in [0, 0.05) is 24.3 Å². The number of nitrogens with zero attached hydrogens (tertiary/aromatic N) is 1. The number of rotatable bonds is 11. The fourth-order valence-electron chi connectivity index (χ4n) is 3.72. The largest absolute Gasteiger partial charge is 0.494 e. The van der Waals surface area contributed by atoms with Gasteiger partial charge in [0.2, 0.25) is 5.90 Å². The number of para-hydroxylation sites is 1. The van der Waals surface area contributed by atoms with Crippen molar-refractivity contribution in [2.45, 2.75) is 23.3 Å². The highest BCUT2D eigenvalue weighted by atomic mass is 32.2. The summed E-state index contributed by atoms with van der Waals surface area (Å²) >= 11 is 0. The quantitative estimate of drug-likeness (QED) is 0.384. The Hall–Kier alpha value is -3.69. The SMILES string of the molecule is O=C(Nc1ccccc1)[C@@]1(CCS(=O)(=O)c2ccccc2)COC(c2ccc(OCCCO)cc2)=N1. The second kappa shape index (κ2) is 11.4. The van der Waals surface area contributed by atoms with Gasteiger partial charge in [-0.1, -0.05) is 36.4 Å². The normalized spacial score (nSPS) is 17.2. The highest BCUT2D eigenvalue weighted by Gasteiger charge is 2.45. The number of carbonyl (C=O) groups excluding carboxylic acids is 1. The van der Waals surface area contributed by atoms with Crippen molar-refractivity contribution in [3.63, 3.8) is 0 Å². The van der Waals surface area contributed by atoms with E-state index in [2.05, 4.69) is 10.3 Å². The number of aliphatic imine (C=N–C) groups is 1. The number of sulfone groups is 1. The third-order valence-corrected chi connectivity index (χ3v) is 7.51. The standard InChI is InChI=1S/C27H28N2O6S/c30-17-7-18-34-23-14-12-21(13-15-23)25-29-27(20-35-25,26(31)28-22-8-3-1-4-9-22)16-19-36(32,33)24-10-5-2-6-11-24/h1-6,8-15,30H,7,16-20H2,(H,28,31)/t27-/m1/s1. The van der Waals surface area contributed by atoms with Crippen molar-refractivity contribution in [2.75, 3.05) is 30.9 Å². The molecule has 0 saturated carbocycles. The van der Waals surface area contributed by atoms with E-state index in [1.54, 1.807) is 66.7 Å². The number of aliphatic hydroxyl groups is 1. The number of hydrogen-bond donors (Lipinski definition) is 2. The van der Waals surface area contributed by atoms with Gasteiger partial charge < -0.3 is 19.9 Å². The van der Waals surface area contributed by atoms with Crippen LogP contribution in [0.25, 0.3) is 0 Å². The van der Waals surface area contributed by atoms with E-state index in [1.807, 2.05) is 6.07 Å². The number of benzene rings is 3. The van der Waals surface area contributed by atoms with E-state index in [-0.39, 0.29) is 36.2 Å². The molecule has 0 radical (unpaired) electrons. The summed E-state index contributed by atoms with van der Waals surface area (Å²) in [5.41, 5.74) is -0.186. The van der Waals surface area contributed by atoms with E-state index in [0.29, 0.717) is 30.0 Å². The maximum atomic E-state index is 13.4. The molecule has 0 unspecified atom stereocenters. The fourth-order valence-corrected chi connectivity index (χ4v) is 5.13. The summed E-state index contributed by atoms with van der Waals surface area (Å²) in [6.45, 7) is 0.363. The second-order valence-corrected chi connectivity index (χ2v) is 10.5. The minimum absolute atomic E-state index is 0.0469. The lowest BCUT2D eigenvalue weighted by molar-refractivity contribution is -0.121. The van der Waals surface area contributed by atoms with E-state index < -0.39 is 21.3 Å². The molecule has 36 heavy (non-hydrogen) atoms. The Kier molecular flexibility index (Phi) is 8.02. The van der Waals surface area contributed by atoms with Crippen LogP contribution in [-0.4, -0.2) is 56.4 Å². The van der Waals surface area contributed by atoms with Crippen LogP contribution in [0.2, 0.25) is 0 Å². The Morgan fingerprint density at radius 3 is 2.33 bits per heavy atom. The van der Waals surface area contributed by atoms with E-state index in [1.165, 1.54) is 12.1 Å². The molecule has 3 aromatic rings. The van der Waals surface area contributed by atoms with E-state index >= 15 is 0 Å². The van der Waals surface area contributed by atoms with E-state index in [9.17, 15) is 13.2 Å². The van der Waals surface area contributed by atoms with Gasteiger partial charge in [0.1, 0.15) is 12.4 Å². The molecular weight excluding hydrogens is 480 g/mol. The highest BCUT2D eigenvalue weighted by molar-refractivity contribution is 7.91. The third-order valence-electron chi connectivity index (χ3n) is 5.78. The maximum absolute atomic E-state index is 13.4. The third kappa shape index (κ3) is 6.10. The Labute approximate surface area is 210 Å². The predicted octanol–water partition coefficient (Wildman–Crippen LogP) is 3.47. The molecule has 0 spiro atoms. The lowest BCUT2D eigenvalue weighted by atomic mass is 9.97. The number of hydrogen-bond acceptors (Lipinski definition) is 7. The summed E-state index contributed by atoms with van der Waals surface area (Å²) in [6.07, 6.45) is 0.483. The van der Waals surface area contributed by atoms with Crippen LogP contribution < -0.4 is 10.1 Å². The molecular formula is C27H28N2O6S. The number of aliphatic hydroxyl groups excluding tert-OH is 1. The van der Waals surface area contributed by atoms with Crippen LogP contribution in [0.1, 0.15) is 18.4 Å². The molecule has 1 atom stereocenters. The zero-order chi connectivity index (χ0) is 25.4. The molecule has 0 saturated heterocycles. The van der Waals surface area contributed by atoms with Gasteiger partial charge in [-0.15, -0.1) is 0 Å². The predicted molar refractivity (Wildman–Crippen MR) is 137 cm³/mol. The summed E-state index contributed by atoms with van der Waals surface area (Å²) in [7, 11) is -3.63. The molecule has 2 N–H and O–H groups in total. The van der Waals surface area contributed by atoms with E-state index in [0.717, 1.165) is 0 Å². The summed E-state index contributed by atoms with van der Waals surface area (Å²) < 4.78 is 37.3. The van der Waals surface area contributed by atoms with Crippen molar-refractivity contribution >= 4 is 27.3 Å². The second-order valence-electron chi connectivity index (χ2n) is 8.39. The minimum Gasteiger partial charge on any atom is -0.494 e. The zero-order valence-corrected chi connectivity index (χ0v) is 20.5. The minimum atomic E-state index is -3.63. The molecule has 8 nitrogen and oxygen atoms in total. The van der Waals surface area contributed by atoms with Gasteiger partial charge in [0.25, 0.3) is 5.91 Å². The van der Waals surface area contributed by atoms with Crippen molar-refractivity contribution in [1.29, 1.82) is 0 Å². The molecule has 0 aliphatic carbocycles. The first-order valence-electron chi connectivity index (χ1n) is 11.6. The first kappa shape index (κ1) is 25.4. The Morgan fingerprint density at radius 1 is 1.00 bits per heavy atom. The van der Waals surface area contributed by atoms with Crippen LogP contribution in [0.15, 0.2) is 94.8 Å². The Morgan fingerprint density at radius 2 is 1.67 bits per heavy atom. The Bertz CT molecular complexity index is 1300. The highest BCUT2D eigenvalue weighted by Crippen LogP contribution is 2.29. The molecule has 1 amide bonds. The summed E-state index contributed by atoms with van der Waals surface area (Å²) in [4.78, 5) is 18.3. The van der Waals surface area contributed by atoms with Crippen molar-refractivity contribution in [2.24, 2.45) is 4.99 Å². The monoisotopic (exact) mass is 508 g/mol. The summed E-state index contributed by atoms with van der Waals surface area (Å²) in [5.74, 6) is 0.192. The average Bonchev–Trinajstić information content (AvgIpc) is 3.35. The smallest absolute Gasteiger partial charge is 0.256 e. The van der Waals surface area contributed by atoms with Gasteiger partial charge in [0.15, 0.2) is 15.4 Å². The fraction of sp³-hybridized carbons (Fsp3) is 0.259. The first-order chi connectivity index (χ1) is 17.4. The molecule has 9 heteroatoms. The molecule has 0 fully saturated rings. The molecule has 4 rings (SSSR count). The molecule has 1 aliphatic rings. The lowest BCUT2D eigenvalue weighted by Gasteiger charge is -2.23. The molecule has 1 heterocycles. The van der Waals surface area contributed by atoms with Crippen LogP contribution >= 0.6 is 0 Å². The molecule has 3 aromatic carbocycles. The van der Waals surface area contributed by atoms with Gasteiger partial charge in [-0.2, -0.15) is 0 Å². The van der Waals surface area contributed by atoms with Crippen molar-refractivity contribution in [1.82, 2.24) is 0 Å². The molecule has 188 valence electrons. The number of nitrogens with one attached hydrogen (secondary N) is 1. The lowest BCUT2D eigenvalue weighted by Crippen LogP contribution is -2.44. The van der Waals surface area contributed by atoms with Crippen LogP contribution in [0, 0.1) is 0 Å². The van der Waals surface area contributed by atoms with Gasteiger partial charge >= 0.3 is 0 Å². The Balaban J connectivity index is 1.58. The van der Waals surface area contributed by atoms with Crippen LogP contribution in [0.4, 0.5) is 5.69 Å². The van der Waals surface area contributed by atoms with Crippen LogP contribution in [0.3, 0.4) is 0 Å². The zero-order valence-electron chi connectivity index (χ0n) is 19.7. The number of ether oxygens (including phenoxy) is 2.